The van der Waals surface area contributed by atoms with Crippen molar-refractivity contribution < 1.29 is 9.53 Å². The lowest BCUT2D eigenvalue weighted by Gasteiger charge is -2.17. The van der Waals surface area contributed by atoms with E-state index in [0.717, 1.165) is 28.3 Å². The van der Waals surface area contributed by atoms with E-state index >= 15 is 0 Å². The van der Waals surface area contributed by atoms with Gasteiger partial charge in [0, 0.05) is 35.4 Å². The highest BCUT2D eigenvalue weighted by molar-refractivity contribution is 7.99. The second-order valence-corrected chi connectivity index (χ2v) is 7.76. The Morgan fingerprint density at radius 2 is 1.93 bits per heavy atom. The Hall–Kier alpha value is -2.19. The summed E-state index contributed by atoms with van der Waals surface area (Å²) in [5, 5.41) is 5.01. The van der Waals surface area contributed by atoms with Gasteiger partial charge in [0.15, 0.2) is 5.78 Å². The van der Waals surface area contributed by atoms with E-state index in [1.54, 1.807) is 11.6 Å². The summed E-state index contributed by atoms with van der Waals surface area (Å²) in [5.74, 6) is 0.926. The van der Waals surface area contributed by atoms with E-state index < -0.39 is 0 Å². The topological polar surface area (TPSA) is 74.3 Å². The summed E-state index contributed by atoms with van der Waals surface area (Å²) >= 11 is 1.34. The molecule has 0 unspecified atom stereocenters. The number of thioether (sulfide) groups is 1. The third kappa shape index (κ3) is 3.91. The molecule has 0 aliphatic rings. The Labute approximate surface area is 163 Å². The van der Waals surface area contributed by atoms with Crippen molar-refractivity contribution in [2.24, 2.45) is 0 Å². The SMILES string of the molecule is COC[C@H](C)n1c(C)cc(C(=O)CSc2nc3nc(C)cc(C)n3n2)c1C. The van der Waals surface area contributed by atoms with Crippen LogP contribution in [0.25, 0.3) is 5.78 Å². The Bertz CT molecular complexity index is 992. The molecule has 0 aromatic carbocycles. The van der Waals surface area contributed by atoms with Crippen LogP contribution in [-0.2, 0) is 4.74 Å². The average Bonchev–Trinajstić information content (AvgIpc) is 3.13. The fourth-order valence-electron chi connectivity index (χ4n) is 3.47. The Morgan fingerprint density at radius 1 is 1.19 bits per heavy atom. The number of ether oxygens (including phenoxy) is 1. The highest BCUT2D eigenvalue weighted by atomic mass is 32.2. The molecule has 0 fully saturated rings. The highest BCUT2D eigenvalue weighted by Crippen LogP contribution is 2.23. The molecule has 0 spiro atoms. The zero-order chi connectivity index (χ0) is 19.7. The van der Waals surface area contributed by atoms with Gasteiger partial charge in [-0.3, -0.25) is 4.79 Å². The van der Waals surface area contributed by atoms with Crippen LogP contribution in [-0.4, -0.2) is 49.4 Å². The lowest BCUT2D eigenvalue weighted by molar-refractivity contribution is 0.102. The average molecular weight is 388 g/mol. The predicted octanol–water partition coefficient (Wildman–Crippen LogP) is 3.34. The minimum Gasteiger partial charge on any atom is -0.383 e. The summed E-state index contributed by atoms with van der Waals surface area (Å²) in [6, 6.07) is 4.09. The Balaban J connectivity index is 1.77. The molecule has 8 heteroatoms. The van der Waals surface area contributed by atoms with Gasteiger partial charge in [-0.05, 0) is 46.8 Å². The minimum absolute atomic E-state index is 0.0729. The van der Waals surface area contributed by atoms with Crippen LogP contribution >= 0.6 is 11.8 Å². The molecule has 1 atom stereocenters. The van der Waals surface area contributed by atoms with Crippen molar-refractivity contribution in [1.29, 1.82) is 0 Å². The lowest BCUT2D eigenvalue weighted by atomic mass is 10.2. The van der Waals surface area contributed by atoms with Gasteiger partial charge in [0.2, 0.25) is 5.16 Å². The minimum atomic E-state index is 0.0729. The summed E-state index contributed by atoms with van der Waals surface area (Å²) in [7, 11) is 1.69. The van der Waals surface area contributed by atoms with Gasteiger partial charge in [-0.1, -0.05) is 11.8 Å². The summed E-state index contributed by atoms with van der Waals surface area (Å²) < 4.78 is 9.12. The fraction of sp³-hybridized carbons (Fsp3) is 0.474. The van der Waals surface area contributed by atoms with Gasteiger partial charge in [0.05, 0.1) is 18.4 Å². The molecule has 0 radical (unpaired) electrons. The number of carbonyl (C=O) groups excluding carboxylic acids is 1. The standard InChI is InChI=1S/C19H25N5O2S/c1-11-7-13(3)24-18(20-11)21-19(22-24)27-10-17(25)16-8-12(2)23(15(16)5)14(4)9-26-6/h7-8,14H,9-10H2,1-6H3/t14-/m0/s1. The smallest absolute Gasteiger partial charge is 0.253 e. The van der Waals surface area contributed by atoms with E-state index in [9.17, 15) is 4.79 Å². The maximum Gasteiger partial charge on any atom is 0.253 e. The molecule has 0 N–H and O–H groups in total. The van der Waals surface area contributed by atoms with Gasteiger partial charge < -0.3 is 9.30 Å². The molecule has 7 nitrogen and oxygen atoms in total. The van der Waals surface area contributed by atoms with Crippen LogP contribution in [0.4, 0.5) is 0 Å². The third-order valence-electron chi connectivity index (χ3n) is 4.56. The molecule has 144 valence electrons. The van der Waals surface area contributed by atoms with Crippen molar-refractivity contribution in [3.63, 3.8) is 0 Å². The number of hydrogen-bond donors (Lipinski definition) is 0. The van der Waals surface area contributed by atoms with Crippen molar-refractivity contribution in [1.82, 2.24) is 24.1 Å². The molecule has 3 heterocycles. The first kappa shape index (κ1) is 19.6. The maximum atomic E-state index is 12.8. The van der Waals surface area contributed by atoms with Crippen molar-refractivity contribution in [3.05, 3.63) is 40.5 Å². The first-order chi connectivity index (χ1) is 12.8. The highest BCUT2D eigenvalue weighted by Gasteiger charge is 2.19. The van der Waals surface area contributed by atoms with Gasteiger partial charge in [-0.25, -0.2) is 9.50 Å². The zero-order valence-electron chi connectivity index (χ0n) is 16.6. The van der Waals surface area contributed by atoms with Crippen molar-refractivity contribution >= 4 is 23.3 Å². The summed E-state index contributed by atoms with van der Waals surface area (Å²) in [6.45, 7) is 10.6. The second kappa shape index (κ2) is 7.82. The number of fused-ring (bicyclic) bond motifs is 1. The van der Waals surface area contributed by atoms with E-state index in [2.05, 4.69) is 26.6 Å². The number of aryl methyl sites for hydroxylation is 3. The van der Waals surface area contributed by atoms with Crippen LogP contribution < -0.4 is 0 Å². The molecule has 0 bridgehead atoms. The number of hydrogen-bond acceptors (Lipinski definition) is 6. The number of ketones is 1. The molecule has 0 amide bonds. The first-order valence-corrected chi connectivity index (χ1v) is 9.84. The maximum absolute atomic E-state index is 12.8. The number of rotatable bonds is 7. The van der Waals surface area contributed by atoms with E-state index in [0.29, 0.717) is 17.5 Å². The number of Topliss-reactive ketones (excluding diaryl/α,β-unsaturated/α-hetero) is 1. The Morgan fingerprint density at radius 3 is 2.63 bits per heavy atom. The molecule has 0 aliphatic heterocycles. The third-order valence-corrected chi connectivity index (χ3v) is 5.40. The van der Waals surface area contributed by atoms with Crippen LogP contribution in [0.1, 0.15) is 46.1 Å². The normalized spacial score (nSPS) is 12.7. The quantitative estimate of drug-likeness (QED) is 0.457. The Kier molecular flexibility index (Phi) is 5.67. The molecule has 27 heavy (non-hydrogen) atoms. The zero-order valence-corrected chi connectivity index (χ0v) is 17.4. The van der Waals surface area contributed by atoms with E-state index in [4.69, 9.17) is 4.74 Å². The summed E-state index contributed by atoms with van der Waals surface area (Å²) in [6.07, 6.45) is 0. The predicted molar refractivity (Wildman–Crippen MR) is 106 cm³/mol. The number of methoxy groups -OCH3 is 1. The van der Waals surface area contributed by atoms with Crippen LogP contribution in [0.3, 0.4) is 0 Å². The number of aromatic nitrogens is 5. The molecular formula is C19H25N5O2S. The van der Waals surface area contributed by atoms with Crippen molar-refractivity contribution in [3.8, 4) is 0 Å². The molecule has 0 aliphatic carbocycles. The fourth-order valence-corrected chi connectivity index (χ4v) is 4.17. The number of carbonyl (C=O) groups is 1. The molecule has 3 aromatic heterocycles. The molecule has 3 rings (SSSR count). The summed E-state index contributed by atoms with van der Waals surface area (Å²) in [4.78, 5) is 21.6. The number of nitrogens with zero attached hydrogens (tertiary/aromatic N) is 5. The monoisotopic (exact) mass is 387 g/mol. The van der Waals surface area contributed by atoms with Gasteiger partial charge >= 0.3 is 0 Å². The van der Waals surface area contributed by atoms with Gasteiger partial charge in [0.1, 0.15) is 0 Å². The van der Waals surface area contributed by atoms with Gasteiger partial charge in [0.25, 0.3) is 5.78 Å². The van der Waals surface area contributed by atoms with Gasteiger partial charge in [-0.2, -0.15) is 4.98 Å². The lowest BCUT2D eigenvalue weighted by Crippen LogP contribution is -2.14. The molecular weight excluding hydrogens is 362 g/mol. The largest absolute Gasteiger partial charge is 0.383 e. The van der Waals surface area contributed by atoms with Crippen LogP contribution in [0.2, 0.25) is 0 Å². The molecule has 3 aromatic rings. The van der Waals surface area contributed by atoms with Crippen molar-refractivity contribution in [2.45, 2.75) is 45.8 Å². The second-order valence-electron chi connectivity index (χ2n) is 6.82. The molecule has 0 saturated carbocycles. The first-order valence-electron chi connectivity index (χ1n) is 8.86. The van der Waals surface area contributed by atoms with E-state index in [-0.39, 0.29) is 17.6 Å². The molecule has 0 saturated heterocycles. The van der Waals surface area contributed by atoms with E-state index in [1.165, 1.54) is 11.8 Å². The van der Waals surface area contributed by atoms with Crippen LogP contribution in [0, 0.1) is 27.7 Å². The van der Waals surface area contributed by atoms with Crippen LogP contribution in [0.5, 0.6) is 0 Å². The van der Waals surface area contributed by atoms with E-state index in [1.807, 2.05) is 39.8 Å². The summed E-state index contributed by atoms with van der Waals surface area (Å²) in [5.41, 5.74) is 4.65. The van der Waals surface area contributed by atoms with Gasteiger partial charge in [-0.15, -0.1) is 5.10 Å². The van der Waals surface area contributed by atoms with Crippen LogP contribution in [0.15, 0.2) is 17.3 Å². The van der Waals surface area contributed by atoms with Crippen molar-refractivity contribution in [2.75, 3.05) is 19.5 Å².